The van der Waals surface area contributed by atoms with Crippen LogP contribution >= 0.6 is 0 Å². The van der Waals surface area contributed by atoms with Crippen molar-refractivity contribution in [2.75, 3.05) is 33.4 Å². The molecule has 0 aliphatic heterocycles. The van der Waals surface area contributed by atoms with E-state index in [0.29, 0.717) is 32.7 Å². The molecule has 0 saturated carbocycles. The highest BCUT2D eigenvalue weighted by Crippen LogP contribution is 2.11. The van der Waals surface area contributed by atoms with Crippen LogP contribution in [0.15, 0.2) is 18.2 Å². The molecule has 0 unspecified atom stereocenters. The van der Waals surface area contributed by atoms with Gasteiger partial charge >= 0.3 is 0 Å². The van der Waals surface area contributed by atoms with Crippen molar-refractivity contribution >= 4 is 5.91 Å². The van der Waals surface area contributed by atoms with Crippen LogP contribution in [0.3, 0.4) is 0 Å². The second kappa shape index (κ2) is 7.92. The molecule has 0 radical (unpaired) electrons. The molecule has 0 atom stereocenters. The first-order valence-electron chi connectivity index (χ1n) is 6.61. The highest BCUT2D eigenvalue weighted by Gasteiger charge is 2.13. The van der Waals surface area contributed by atoms with Gasteiger partial charge in [-0.2, -0.15) is 0 Å². The van der Waals surface area contributed by atoms with Gasteiger partial charge in [0.25, 0.3) is 0 Å². The summed E-state index contributed by atoms with van der Waals surface area (Å²) in [6.45, 7) is 6.32. The van der Waals surface area contributed by atoms with E-state index in [0.717, 1.165) is 5.56 Å². The number of carbonyl (C=O) groups is 1. The Kier molecular flexibility index (Phi) is 6.53. The first-order valence-corrected chi connectivity index (χ1v) is 6.61. The van der Waals surface area contributed by atoms with Crippen LogP contribution in [-0.4, -0.2) is 44.2 Å². The second-order valence-corrected chi connectivity index (χ2v) is 4.76. The number of nitrogens with zero attached hydrogens (tertiary/aromatic N) is 1. The molecule has 0 aromatic heterocycles. The summed E-state index contributed by atoms with van der Waals surface area (Å²) >= 11 is 0. The molecule has 1 rings (SSSR count). The molecule has 0 bridgehead atoms. The van der Waals surface area contributed by atoms with Crippen molar-refractivity contribution in [3.05, 3.63) is 34.9 Å². The van der Waals surface area contributed by atoms with Crippen LogP contribution < -0.4 is 5.73 Å². The number of benzene rings is 1. The molecule has 1 aromatic carbocycles. The molecule has 0 fully saturated rings. The van der Waals surface area contributed by atoms with Crippen molar-refractivity contribution in [3.63, 3.8) is 0 Å². The number of hydrogen-bond donors (Lipinski definition) is 1. The highest BCUT2D eigenvalue weighted by atomic mass is 16.5. The molecule has 0 aliphatic rings. The molecule has 1 aromatic rings. The molecule has 0 heterocycles. The Balaban J connectivity index is 2.66. The predicted octanol–water partition coefficient (Wildman–Crippen LogP) is 1.28. The van der Waals surface area contributed by atoms with E-state index < -0.39 is 0 Å². The van der Waals surface area contributed by atoms with Gasteiger partial charge in [0.2, 0.25) is 5.91 Å². The molecule has 19 heavy (non-hydrogen) atoms. The predicted molar refractivity (Wildman–Crippen MR) is 77.1 cm³/mol. The Hall–Kier alpha value is -1.39. The quantitative estimate of drug-likeness (QED) is 0.807. The number of rotatable bonds is 7. The molecule has 106 valence electrons. The Morgan fingerprint density at radius 3 is 2.58 bits per heavy atom. The topological polar surface area (TPSA) is 55.6 Å². The third kappa shape index (κ3) is 5.01. The maximum absolute atomic E-state index is 12.2. The smallest absolute Gasteiger partial charge is 0.227 e. The van der Waals surface area contributed by atoms with Crippen LogP contribution in [0.5, 0.6) is 0 Å². The minimum Gasteiger partial charge on any atom is -0.383 e. The van der Waals surface area contributed by atoms with Crippen LogP contribution in [0.25, 0.3) is 0 Å². The first-order chi connectivity index (χ1) is 9.08. The zero-order chi connectivity index (χ0) is 14.3. The monoisotopic (exact) mass is 264 g/mol. The summed E-state index contributed by atoms with van der Waals surface area (Å²) in [4.78, 5) is 14.0. The lowest BCUT2D eigenvalue weighted by molar-refractivity contribution is -0.131. The van der Waals surface area contributed by atoms with Crippen LogP contribution in [0, 0.1) is 13.8 Å². The van der Waals surface area contributed by atoms with Gasteiger partial charge in [0, 0.05) is 26.7 Å². The average molecular weight is 264 g/mol. The van der Waals surface area contributed by atoms with Crippen LogP contribution in [0.4, 0.5) is 0 Å². The van der Waals surface area contributed by atoms with Gasteiger partial charge in [-0.25, -0.2) is 0 Å². The van der Waals surface area contributed by atoms with Gasteiger partial charge in [-0.3, -0.25) is 4.79 Å². The van der Waals surface area contributed by atoms with E-state index >= 15 is 0 Å². The van der Waals surface area contributed by atoms with Gasteiger partial charge in [0.1, 0.15) is 0 Å². The lowest BCUT2D eigenvalue weighted by Crippen LogP contribution is -2.38. The van der Waals surface area contributed by atoms with Crippen molar-refractivity contribution in [1.82, 2.24) is 4.90 Å². The zero-order valence-corrected chi connectivity index (χ0v) is 12.1. The molecule has 0 saturated heterocycles. The zero-order valence-electron chi connectivity index (χ0n) is 12.1. The average Bonchev–Trinajstić information content (AvgIpc) is 2.38. The summed E-state index contributed by atoms with van der Waals surface area (Å²) in [5, 5.41) is 0. The van der Waals surface area contributed by atoms with E-state index in [1.54, 1.807) is 12.0 Å². The summed E-state index contributed by atoms with van der Waals surface area (Å²) in [5.41, 5.74) is 9.05. The van der Waals surface area contributed by atoms with Gasteiger partial charge in [0.15, 0.2) is 0 Å². The fourth-order valence-electron chi connectivity index (χ4n) is 1.92. The third-order valence-electron chi connectivity index (χ3n) is 3.24. The minimum absolute atomic E-state index is 0.103. The van der Waals surface area contributed by atoms with Gasteiger partial charge in [0.05, 0.1) is 13.0 Å². The van der Waals surface area contributed by atoms with E-state index in [-0.39, 0.29) is 5.91 Å². The summed E-state index contributed by atoms with van der Waals surface area (Å²) in [5.74, 6) is 0.103. The number of ether oxygens (including phenoxy) is 1. The number of aryl methyl sites for hydroxylation is 2. The van der Waals surface area contributed by atoms with Crippen LogP contribution in [-0.2, 0) is 16.0 Å². The number of nitrogens with two attached hydrogens (primary N) is 1. The van der Waals surface area contributed by atoms with Crippen LogP contribution in [0.1, 0.15) is 16.7 Å². The largest absolute Gasteiger partial charge is 0.383 e. The fraction of sp³-hybridized carbons (Fsp3) is 0.533. The summed E-state index contributed by atoms with van der Waals surface area (Å²) in [7, 11) is 1.63. The van der Waals surface area contributed by atoms with Crippen molar-refractivity contribution in [2.45, 2.75) is 20.3 Å². The highest BCUT2D eigenvalue weighted by molar-refractivity contribution is 5.78. The van der Waals surface area contributed by atoms with E-state index in [1.807, 2.05) is 6.07 Å². The SMILES string of the molecule is COCCN(CCN)C(=O)Cc1ccc(C)c(C)c1. The lowest BCUT2D eigenvalue weighted by atomic mass is 10.0. The van der Waals surface area contributed by atoms with Gasteiger partial charge in [-0.1, -0.05) is 18.2 Å². The van der Waals surface area contributed by atoms with Crippen molar-refractivity contribution in [3.8, 4) is 0 Å². The van der Waals surface area contributed by atoms with Crippen molar-refractivity contribution < 1.29 is 9.53 Å². The third-order valence-corrected chi connectivity index (χ3v) is 3.24. The van der Waals surface area contributed by atoms with Gasteiger partial charge in [-0.05, 0) is 30.5 Å². The fourth-order valence-corrected chi connectivity index (χ4v) is 1.92. The summed E-state index contributed by atoms with van der Waals surface area (Å²) in [6, 6.07) is 6.14. The second-order valence-electron chi connectivity index (χ2n) is 4.76. The van der Waals surface area contributed by atoms with Gasteiger partial charge in [-0.15, -0.1) is 0 Å². The maximum Gasteiger partial charge on any atom is 0.227 e. The maximum atomic E-state index is 12.2. The van der Waals surface area contributed by atoms with E-state index in [4.69, 9.17) is 10.5 Å². The Bertz CT molecular complexity index is 419. The first kappa shape index (κ1) is 15.7. The number of hydrogen-bond acceptors (Lipinski definition) is 3. The molecule has 0 spiro atoms. The van der Waals surface area contributed by atoms with Gasteiger partial charge < -0.3 is 15.4 Å². The Labute approximate surface area is 115 Å². The molecular formula is C15H24N2O2. The number of carbonyl (C=O) groups excluding carboxylic acids is 1. The number of methoxy groups -OCH3 is 1. The summed E-state index contributed by atoms with van der Waals surface area (Å²) in [6.07, 6.45) is 0.421. The van der Waals surface area contributed by atoms with Crippen molar-refractivity contribution in [2.24, 2.45) is 5.73 Å². The van der Waals surface area contributed by atoms with E-state index in [2.05, 4.69) is 26.0 Å². The Morgan fingerprint density at radius 1 is 1.26 bits per heavy atom. The molecule has 2 N–H and O–H groups in total. The Morgan fingerprint density at radius 2 is 2.00 bits per heavy atom. The van der Waals surface area contributed by atoms with E-state index in [9.17, 15) is 4.79 Å². The standard InChI is InChI=1S/C15H24N2O2/c1-12-4-5-14(10-13(12)2)11-15(18)17(7-6-16)8-9-19-3/h4-5,10H,6-9,11,16H2,1-3H3. The minimum atomic E-state index is 0.103. The molecule has 4 heteroatoms. The van der Waals surface area contributed by atoms with Crippen molar-refractivity contribution in [1.29, 1.82) is 0 Å². The molecule has 4 nitrogen and oxygen atoms in total. The molecule has 1 amide bonds. The molecular weight excluding hydrogens is 240 g/mol. The van der Waals surface area contributed by atoms with Crippen LogP contribution in [0.2, 0.25) is 0 Å². The number of amides is 1. The molecule has 0 aliphatic carbocycles. The lowest BCUT2D eigenvalue weighted by Gasteiger charge is -2.21. The summed E-state index contributed by atoms with van der Waals surface area (Å²) < 4.78 is 5.02. The van der Waals surface area contributed by atoms with E-state index in [1.165, 1.54) is 11.1 Å². The normalized spacial score (nSPS) is 10.5.